The molecule has 3 aromatic carbocycles. The third kappa shape index (κ3) is 5.30. The van der Waals surface area contributed by atoms with Crippen molar-refractivity contribution >= 4 is 34.8 Å². The molecule has 0 unspecified atom stereocenters. The monoisotopic (exact) mass is 772 g/mol. The van der Waals surface area contributed by atoms with Gasteiger partial charge in [0.2, 0.25) is 5.91 Å². The van der Waals surface area contributed by atoms with Gasteiger partial charge in [0.1, 0.15) is 25.1 Å². The molecule has 3 atom stereocenters. The molecule has 0 saturated carbocycles. The number of hydrogen-bond acceptors (Lipinski definition) is 9. The SMILES string of the molecule is CC[C@@]1(O)C(=O)OCc2c1cc1n(c2=O)Cc2c-1nc1cc(F)c(C)c3c1c2[C@@H](N(C(=O)OCC1c2ccccc2-c2ccccc21)[C@@H](CC(N)=O)C(=O)O)CC3. The fraction of sp³-hybridized carbons (Fsp3) is 0.302. The summed E-state index contributed by atoms with van der Waals surface area (Å²) in [7, 11) is 0. The Hall–Kier alpha value is -6.41. The van der Waals surface area contributed by atoms with Gasteiger partial charge in [-0.2, -0.15) is 0 Å². The Labute approximate surface area is 324 Å². The summed E-state index contributed by atoms with van der Waals surface area (Å²) in [5, 5.41) is 22.6. The maximum absolute atomic E-state index is 15.6. The lowest BCUT2D eigenvalue weighted by Gasteiger charge is -2.39. The molecule has 57 heavy (non-hydrogen) atoms. The van der Waals surface area contributed by atoms with E-state index in [9.17, 15) is 34.2 Å². The van der Waals surface area contributed by atoms with Crippen LogP contribution < -0.4 is 11.3 Å². The lowest BCUT2D eigenvalue weighted by Crippen LogP contribution is -2.50. The molecule has 2 amide bonds. The summed E-state index contributed by atoms with van der Waals surface area (Å²) in [6.07, 6.45) is -1.47. The number of aliphatic hydroxyl groups is 1. The number of fused-ring (bicyclic) bond motifs is 8. The van der Waals surface area contributed by atoms with Gasteiger partial charge in [-0.05, 0) is 71.2 Å². The average molecular weight is 773 g/mol. The Bertz CT molecular complexity index is 2650. The lowest BCUT2D eigenvalue weighted by molar-refractivity contribution is -0.172. The smallest absolute Gasteiger partial charge is 0.411 e. The van der Waals surface area contributed by atoms with Crippen LogP contribution in [-0.4, -0.2) is 61.3 Å². The number of amides is 2. The molecule has 2 aliphatic carbocycles. The van der Waals surface area contributed by atoms with E-state index in [1.165, 1.54) is 16.7 Å². The topological polar surface area (TPSA) is 191 Å². The number of benzene rings is 3. The van der Waals surface area contributed by atoms with E-state index < -0.39 is 59.4 Å². The number of hydrogen-bond donors (Lipinski definition) is 3. The van der Waals surface area contributed by atoms with Crippen molar-refractivity contribution in [3.05, 3.63) is 121 Å². The van der Waals surface area contributed by atoms with Gasteiger partial charge in [-0.15, -0.1) is 0 Å². The largest absolute Gasteiger partial charge is 0.480 e. The highest BCUT2D eigenvalue weighted by atomic mass is 19.1. The number of aryl methyl sites for hydroxylation is 1. The van der Waals surface area contributed by atoms with Crippen molar-refractivity contribution in [1.82, 2.24) is 14.5 Å². The summed E-state index contributed by atoms with van der Waals surface area (Å²) in [4.78, 5) is 73.1. The van der Waals surface area contributed by atoms with Gasteiger partial charge < -0.3 is 30.0 Å². The number of carbonyl (C=O) groups excluding carboxylic acids is 3. The molecule has 0 fully saturated rings. The molecule has 2 aromatic heterocycles. The van der Waals surface area contributed by atoms with Crippen LogP contribution in [-0.2, 0) is 49.0 Å². The molecule has 0 bridgehead atoms. The maximum atomic E-state index is 15.6. The average Bonchev–Trinajstić information content (AvgIpc) is 3.73. The van der Waals surface area contributed by atoms with Gasteiger partial charge in [0, 0.05) is 28.5 Å². The van der Waals surface area contributed by atoms with Gasteiger partial charge in [0.15, 0.2) is 5.60 Å². The number of pyridine rings is 2. The third-order valence-electron chi connectivity index (χ3n) is 12.2. The van der Waals surface area contributed by atoms with Crippen LogP contribution in [0.4, 0.5) is 9.18 Å². The Kier molecular flexibility index (Phi) is 8.32. The molecule has 4 heterocycles. The first-order valence-electron chi connectivity index (χ1n) is 18.8. The molecule has 4 N–H and O–H groups in total. The summed E-state index contributed by atoms with van der Waals surface area (Å²) in [6, 6.07) is 15.5. The number of primary amides is 1. The predicted molar refractivity (Wildman–Crippen MR) is 202 cm³/mol. The molecule has 2 aliphatic heterocycles. The van der Waals surface area contributed by atoms with Crippen molar-refractivity contribution in [2.75, 3.05) is 6.61 Å². The summed E-state index contributed by atoms with van der Waals surface area (Å²) in [5.74, 6) is -4.22. The van der Waals surface area contributed by atoms with E-state index in [2.05, 4.69) is 0 Å². The number of nitrogens with zero attached hydrogens (tertiary/aromatic N) is 3. The molecule has 14 heteroatoms. The molecule has 0 spiro atoms. The van der Waals surface area contributed by atoms with Crippen LogP contribution in [0.25, 0.3) is 33.4 Å². The molecule has 5 aromatic rings. The highest BCUT2D eigenvalue weighted by Crippen LogP contribution is 2.49. The molecular weight excluding hydrogens is 735 g/mol. The second kappa shape index (κ2) is 13.1. The molecular formula is C43H37FN4O9. The Morgan fingerprint density at radius 2 is 1.75 bits per heavy atom. The van der Waals surface area contributed by atoms with Gasteiger partial charge in [-0.3, -0.25) is 14.5 Å². The van der Waals surface area contributed by atoms with Crippen LogP contribution in [0.1, 0.15) is 82.7 Å². The van der Waals surface area contributed by atoms with E-state index in [1.54, 1.807) is 13.8 Å². The fourth-order valence-corrected chi connectivity index (χ4v) is 9.44. The van der Waals surface area contributed by atoms with Crippen LogP contribution >= 0.6 is 0 Å². The second-order valence-electron chi connectivity index (χ2n) is 15.1. The minimum absolute atomic E-state index is 0.0769. The number of esters is 1. The highest BCUT2D eigenvalue weighted by Gasteiger charge is 2.47. The van der Waals surface area contributed by atoms with Crippen LogP contribution in [0.3, 0.4) is 0 Å². The fourth-order valence-electron chi connectivity index (χ4n) is 9.44. The molecule has 0 radical (unpaired) electrons. The van der Waals surface area contributed by atoms with Crippen molar-refractivity contribution in [3.63, 3.8) is 0 Å². The van der Waals surface area contributed by atoms with Crippen molar-refractivity contribution < 1.29 is 43.3 Å². The second-order valence-corrected chi connectivity index (χ2v) is 15.1. The van der Waals surface area contributed by atoms with E-state index in [0.29, 0.717) is 27.6 Å². The van der Waals surface area contributed by atoms with Crippen LogP contribution in [0, 0.1) is 12.7 Å². The van der Waals surface area contributed by atoms with Gasteiger partial charge in [-0.25, -0.2) is 23.8 Å². The first-order chi connectivity index (χ1) is 27.3. The van der Waals surface area contributed by atoms with E-state index in [0.717, 1.165) is 27.2 Å². The van der Waals surface area contributed by atoms with E-state index in [4.69, 9.17) is 20.2 Å². The number of carboxylic acids is 1. The number of halogens is 1. The van der Waals surface area contributed by atoms with Gasteiger partial charge in [-0.1, -0.05) is 55.5 Å². The number of ether oxygens (including phenoxy) is 2. The van der Waals surface area contributed by atoms with E-state index >= 15 is 4.39 Å². The van der Waals surface area contributed by atoms with E-state index in [-0.39, 0.29) is 73.0 Å². The normalized spacial score (nSPS) is 19.2. The number of rotatable bonds is 8. The summed E-state index contributed by atoms with van der Waals surface area (Å²) in [6.45, 7) is 2.65. The molecule has 4 aliphatic rings. The van der Waals surface area contributed by atoms with Gasteiger partial charge in [0.05, 0.1) is 41.5 Å². The quantitative estimate of drug-likeness (QED) is 0.176. The summed E-state index contributed by atoms with van der Waals surface area (Å²) in [5.41, 5.74) is 9.59. The summed E-state index contributed by atoms with van der Waals surface area (Å²) >= 11 is 0. The Morgan fingerprint density at radius 3 is 2.40 bits per heavy atom. The number of carboxylic acid groups (broad SMARTS) is 1. The predicted octanol–water partition coefficient (Wildman–Crippen LogP) is 5.09. The molecule has 9 rings (SSSR count). The number of aliphatic carboxylic acids is 1. The minimum atomic E-state index is -2.10. The molecule has 0 saturated heterocycles. The number of aromatic nitrogens is 2. The Balaban J connectivity index is 1.21. The first-order valence-corrected chi connectivity index (χ1v) is 18.8. The maximum Gasteiger partial charge on any atom is 0.411 e. The van der Waals surface area contributed by atoms with Crippen molar-refractivity contribution in [2.45, 2.75) is 76.3 Å². The zero-order chi connectivity index (χ0) is 40.1. The summed E-state index contributed by atoms with van der Waals surface area (Å²) < 4.78 is 28.3. The number of cyclic esters (lactones) is 1. The third-order valence-corrected chi connectivity index (χ3v) is 12.2. The van der Waals surface area contributed by atoms with Crippen LogP contribution in [0.2, 0.25) is 0 Å². The van der Waals surface area contributed by atoms with Crippen LogP contribution in [0.5, 0.6) is 0 Å². The van der Waals surface area contributed by atoms with Crippen molar-refractivity contribution in [3.8, 4) is 22.5 Å². The molecule has 13 nitrogen and oxygen atoms in total. The van der Waals surface area contributed by atoms with Gasteiger partial charge in [0.25, 0.3) is 5.56 Å². The highest BCUT2D eigenvalue weighted by molar-refractivity contribution is 5.94. The zero-order valence-corrected chi connectivity index (χ0v) is 31.0. The zero-order valence-electron chi connectivity index (χ0n) is 31.0. The number of nitrogens with two attached hydrogens (primary N) is 1. The first kappa shape index (κ1) is 36.2. The lowest BCUT2D eigenvalue weighted by atomic mass is 9.80. The van der Waals surface area contributed by atoms with Gasteiger partial charge >= 0.3 is 18.0 Å². The van der Waals surface area contributed by atoms with Crippen molar-refractivity contribution in [1.29, 1.82) is 0 Å². The van der Waals surface area contributed by atoms with Crippen LogP contribution in [0.15, 0.2) is 65.5 Å². The Morgan fingerprint density at radius 1 is 1.07 bits per heavy atom. The number of carbonyl (C=O) groups is 4. The minimum Gasteiger partial charge on any atom is -0.480 e. The van der Waals surface area contributed by atoms with E-state index in [1.807, 2.05) is 48.5 Å². The van der Waals surface area contributed by atoms with Crippen molar-refractivity contribution in [2.24, 2.45) is 5.73 Å². The standard InChI is InChI=1S/C43H37FN4O9/c1-3-43(55)29-14-33-38-26(17-47(33)39(50)28(29)19-56-41(43)53)37-32(13-12-21-20(2)30(44)15-31(46-38)36(21)37)48(34(40(51)52)16-35(45)49)42(54)57-18-27-24-10-6-4-8-22(24)23-9-5-7-11-25(23)27/h4-11,14-15,27,32,34,55H,3,12-13,16-19H2,1-2H3,(H2,45,49)(H,51,52)/t32-,34-,43-/m0/s1. The molecule has 290 valence electrons.